The number of aromatic carboxylic acids is 1. The van der Waals surface area contributed by atoms with Crippen molar-refractivity contribution in [2.45, 2.75) is 0 Å². The van der Waals surface area contributed by atoms with Gasteiger partial charge in [0.05, 0.1) is 11.9 Å². The van der Waals surface area contributed by atoms with E-state index in [9.17, 15) is 4.79 Å². The summed E-state index contributed by atoms with van der Waals surface area (Å²) in [4.78, 5) is 14.6. The van der Waals surface area contributed by atoms with E-state index in [-0.39, 0.29) is 5.69 Å². The fraction of sp³-hybridized carbons (Fsp3) is 0. The first-order valence-corrected chi connectivity index (χ1v) is 3.65. The Hall–Kier alpha value is -2.04. The van der Waals surface area contributed by atoms with E-state index in [4.69, 9.17) is 10.8 Å². The number of nitrogen functional groups attached to an aromatic ring is 1. The van der Waals surface area contributed by atoms with Crippen molar-refractivity contribution < 1.29 is 9.90 Å². The molecule has 2 heterocycles. The van der Waals surface area contributed by atoms with Crippen molar-refractivity contribution in [3.63, 3.8) is 0 Å². The number of anilines is 1. The number of nitrogens with zero attached hydrogens (tertiary/aromatic N) is 2. The van der Waals surface area contributed by atoms with Gasteiger partial charge in [-0.3, -0.25) is 4.40 Å². The van der Waals surface area contributed by atoms with Crippen LogP contribution >= 0.6 is 0 Å². The maximum absolute atomic E-state index is 10.7. The number of imidazole rings is 1. The van der Waals surface area contributed by atoms with E-state index < -0.39 is 5.97 Å². The van der Waals surface area contributed by atoms with E-state index in [0.717, 1.165) is 0 Å². The Balaban J connectivity index is 2.83. The lowest BCUT2D eigenvalue weighted by Crippen LogP contribution is -2.01. The van der Waals surface area contributed by atoms with Crippen LogP contribution in [-0.2, 0) is 0 Å². The quantitative estimate of drug-likeness (QED) is 0.668. The fourth-order valence-electron chi connectivity index (χ4n) is 1.19. The molecule has 3 N–H and O–H groups in total. The molecule has 0 unspecified atom stereocenters. The highest BCUT2D eigenvalue weighted by Crippen LogP contribution is 2.13. The van der Waals surface area contributed by atoms with Crippen molar-refractivity contribution in [2.75, 3.05) is 5.73 Å². The van der Waals surface area contributed by atoms with Gasteiger partial charge in [0, 0.05) is 6.20 Å². The van der Waals surface area contributed by atoms with Crippen LogP contribution in [0.2, 0.25) is 0 Å². The van der Waals surface area contributed by atoms with Crippen LogP contribution in [0.25, 0.3) is 5.65 Å². The average molecular weight is 177 g/mol. The van der Waals surface area contributed by atoms with Crippen LogP contribution < -0.4 is 5.73 Å². The summed E-state index contributed by atoms with van der Waals surface area (Å²) in [6.07, 6.45) is 2.90. The molecule has 0 fully saturated rings. The normalized spacial score (nSPS) is 10.5. The minimum atomic E-state index is -1.02. The number of aromatic nitrogens is 2. The van der Waals surface area contributed by atoms with Gasteiger partial charge in [0.25, 0.3) is 0 Å². The van der Waals surface area contributed by atoms with Crippen molar-refractivity contribution in [1.29, 1.82) is 0 Å². The molecule has 0 spiro atoms. The first-order chi connectivity index (χ1) is 6.20. The molecule has 0 saturated heterocycles. The van der Waals surface area contributed by atoms with Gasteiger partial charge in [0.2, 0.25) is 0 Å². The smallest absolute Gasteiger partial charge is 0.354 e. The van der Waals surface area contributed by atoms with Gasteiger partial charge in [0.1, 0.15) is 0 Å². The van der Waals surface area contributed by atoms with Gasteiger partial charge in [-0.1, -0.05) is 0 Å². The monoisotopic (exact) mass is 177 g/mol. The zero-order chi connectivity index (χ0) is 9.42. The highest BCUT2D eigenvalue weighted by molar-refractivity contribution is 5.87. The van der Waals surface area contributed by atoms with Gasteiger partial charge >= 0.3 is 5.97 Å². The number of pyridine rings is 1. The molecule has 2 aromatic rings. The van der Waals surface area contributed by atoms with Crippen molar-refractivity contribution in [3.8, 4) is 0 Å². The van der Waals surface area contributed by atoms with Gasteiger partial charge < -0.3 is 10.8 Å². The van der Waals surface area contributed by atoms with Crippen LogP contribution in [0.5, 0.6) is 0 Å². The Labute approximate surface area is 73.4 Å². The van der Waals surface area contributed by atoms with Crippen LogP contribution in [0, 0.1) is 0 Å². The second kappa shape index (κ2) is 2.48. The lowest BCUT2D eigenvalue weighted by atomic mass is 10.4. The topological polar surface area (TPSA) is 80.6 Å². The molecule has 0 bridgehead atoms. The molecule has 13 heavy (non-hydrogen) atoms. The van der Waals surface area contributed by atoms with Crippen molar-refractivity contribution in [3.05, 3.63) is 30.2 Å². The van der Waals surface area contributed by atoms with Crippen LogP contribution in [0.3, 0.4) is 0 Å². The minimum absolute atomic E-state index is 0.113. The van der Waals surface area contributed by atoms with Gasteiger partial charge in [-0.25, -0.2) is 9.78 Å². The SMILES string of the molecule is Nc1cccn2c(C(=O)O)cnc12. The summed E-state index contributed by atoms with van der Waals surface area (Å²) in [5.41, 5.74) is 6.65. The van der Waals surface area contributed by atoms with Crippen LogP contribution in [-0.4, -0.2) is 20.5 Å². The molecule has 2 aromatic heterocycles. The summed E-state index contributed by atoms with van der Waals surface area (Å²) < 4.78 is 1.44. The third-order valence-corrected chi connectivity index (χ3v) is 1.79. The molecule has 2 rings (SSSR count). The van der Waals surface area contributed by atoms with E-state index >= 15 is 0 Å². The van der Waals surface area contributed by atoms with Gasteiger partial charge in [-0.2, -0.15) is 0 Å². The Morgan fingerprint density at radius 1 is 1.62 bits per heavy atom. The predicted molar refractivity (Wildman–Crippen MR) is 46.6 cm³/mol. The number of carboxylic acids is 1. The summed E-state index contributed by atoms with van der Waals surface area (Å²) in [6.45, 7) is 0. The summed E-state index contributed by atoms with van der Waals surface area (Å²) >= 11 is 0. The van der Waals surface area contributed by atoms with Gasteiger partial charge in [-0.05, 0) is 12.1 Å². The number of hydrogen-bond acceptors (Lipinski definition) is 3. The maximum atomic E-state index is 10.7. The lowest BCUT2D eigenvalue weighted by Gasteiger charge is -1.97. The Morgan fingerprint density at radius 3 is 3.08 bits per heavy atom. The molecule has 0 saturated carbocycles. The first kappa shape index (κ1) is 7.60. The lowest BCUT2D eigenvalue weighted by molar-refractivity contribution is 0.0689. The number of hydrogen-bond donors (Lipinski definition) is 2. The molecule has 0 aromatic carbocycles. The van der Waals surface area contributed by atoms with Gasteiger partial charge in [0.15, 0.2) is 11.3 Å². The van der Waals surface area contributed by atoms with Crippen molar-refractivity contribution in [2.24, 2.45) is 0 Å². The number of carbonyl (C=O) groups is 1. The van der Waals surface area contributed by atoms with E-state index in [1.54, 1.807) is 18.3 Å². The Bertz CT molecular complexity index is 475. The molecule has 5 heteroatoms. The van der Waals surface area contributed by atoms with Crippen LogP contribution in [0.4, 0.5) is 5.69 Å². The number of carboxylic acid groups (broad SMARTS) is 1. The zero-order valence-corrected chi connectivity index (χ0v) is 6.64. The second-order valence-corrected chi connectivity index (χ2v) is 2.61. The van der Waals surface area contributed by atoms with Gasteiger partial charge in [-0.15, -0.1) is 0 Å². The summed E-state index contributed by atoms with van der Waals surface area (Å²) in [6, 6.07) is 3.35. The summed E-state index contributed by atoms with van der Waals surface area (Å²) in [7, 11) is 0. The van der Waals surface area contributed by atoms with E-state index in [1.165, 1.54) is 10.6 Å². The van der Waals surface area contributed by atoms with Crippen LogP contribution in [0.15, 0.2) is 24.5 Å². The average Bonchev–Trinajstić information content (AvgIpc) is 2.48. The largest absolute Gasteiger partial charge is 0.477 e. The fourth-order valence-corrected chi connectivity index (χ4v) is 1.19. The van der Waals surface area contributed by atoms with E-state index in [1.807, 2.05) is 0 Å². The van der Waals surface area contributed by atoms with E-state index in [0.29, 0.717) is 11.3 Å². The zero-order valence-electron chi connectivity index (χ0n) is 6.64. The third kappa shape index (κ3) is 1.01. The third-order valence-electron chi connectivity index (χ3n) is 1.79. The molecular formula is C8H7N3O2. The molecule has 66 valence electrons. The maximum Gasteiger partial charge on any atom is 0.354 e. The summed E-state index contributed by atoms with van der Waals surface area (Å²) in [5, 5.41) is 8.76. The number of fused-ring (bicyclic) bond motifs is 1. The minimum Gasteiger partial charge on any atom is -0.477 e. The highest BCUT2D eigenvalue weighted by atomic mass is 16.4. The molecule has 0 aliphatic rings. The molecule has 5 nitrogen and oxygen atoms in total. The standard InChI is InChI=1S/C8H7N3O2/c9-5-2-1-3-11-6(8(12)13)4-10-7(5)11/h1-4H,9H2,(H,12,13). The summed E-state index contributed by atoms with van der Waals surface area (Å²) in [5.74, 6) is -1.02. The molecule has 0 atom stereocenters. The Morgan fingerprint density at radius 2 is 2.38 bits per heavy atom. The molecular weight excluding hydrogens is 170 g/mol. The second-order valence-electron chi connectivity index (χ2n) is 2.61. The molecule has 0 radical (unpaired) electrons. The molecule has 0 amide bonds. The highest BCUT2D eigenvalue weighted by Gasteiger charge is 2.10. The van der Waals surface area contributed by atoms with Crippen molar-refractivity contribution >= 4 is 17.3 Å². The first-order valence-electron chi connectivity index (χ1n) is 3.65. The van der Waals surface area contributed by atoms with Crippen LogP contribution in [0.1, 0.15) is 10.5 Å². The predicted octanol–water partition coefficient (Wildman–Crippen LogP) is 0.615. The number of rotatable bonds is 1. The van der Waals surface area contributed by atoms with E-state index in [2.05, 4.69) is 4.98 Å². The molecule has 0 aliphatic carbocycles. The van der Waals surface area contributed by atoms with Crippen molar-refractivity contribution in [1.82, 2.24) is 9.38 Å². The Kier molecular flexibility index (Phi) is 1.45. The number of nitrogens with two attached hydrogens (primary N) is 1. The molecule has 0 aliphatic heterocycles.